The molecule has 2 unspecified atom stereocenters. The Kier molecular flexibility index (Phi) is 8.71. The third-order valence-electron chi connectivity index (χ3n) is 5.36. The highest BCUT2D eigenvalue weighted by atomic mass is 32.1. The molecule has 1 saturated heterocycles. The first-order chi connectivity index (χ1) is 14.8. The number of alkyl halides is 3. The number of ether oxygens (including phenoxy) is 1. The third-order valence-corrected chi connectivity index (χ3v) is 6.26. The molecule has 0 spiro atoms. The van der Waals surface area contributed by atoms with Gasteiger partial charge in [-0.05, 0) is 57.0 Å². The molecule has 1 aliphatic rings. The predicted octanol–water partition coefficient (Wildman–Crippen LogP) is 4.28. The maximum atomic E-state index is 12.6. The SMILES string of the molecule is CC(Cc1ccc(OCCN2CCCCC2)cc1)NCC(O)c1csc(C(F)(F)F)n1. The number of aliphatic hydroxyl groups excluding tert-OH is 1. The van der Waals surface area contributed by atoms with Crippen LogP contribution in [0.5, 0.6) is 5.75 Å². The highest BCUT2D eigenvalue weighted by Gasteiger charge is 2.35. The summed E-state index contributed by atoms with van der Waals surface area (Å²) in [7, 11) is 0. The van der Waals surface area contributed by atoms with E-state index in [0.29, 0.717) is 17.9 Å². The number of halogens is 3. The number of aromatic nitrogens is 1. The van der Waals surface area contributed by atoms with E-state index in [1.807, 2.05) is 31.2 Å². The van der Waals surface area contributed by atoms with E-state index in [1.54, 1.807) is 0 Å². The number of likely N-dealkylation sites (tertiary alicyclic amines) is 1. The number of aliphatic hydroxyl groups is 1. The summed E-state index contributed by atoms with van der Waals surface area (Å²) in [5.74, 6) is 0.848. The van der Waals surface area contributed by atoms with Crippen molar-refractivity contribution in [1.29, 1.82) is 0 Å². The molecule has 3 rings (SSSR count). The van der Waals surface area contributed by atoms with E-state index < -0.39 is 17.3 Å². The Morgan fingerprint density at radius 2 is 1.90 bits per heavy atom. The number of nitrogens with zero attached hydrogens (tertiary/aromatic N) is 2. The average molecular weight is 458 g/mol. The lowest BCUT2D eigenvalue weighted by molar-refractivity contribution is -0.137. The average Bonchev–Trinajstić information content (AvgIpc) is 3.25. The Balaban J connectivity index is 1.37. The fraction of sp³-hybridized carbons (Fsp3) is 0.591. The molecule has 2 aromatic rings. The molecule has 0 amide bonds. The first kappa shape index (κ1) is 24.0. The van der Waals surface area contributed by atoms with Gasteiger partial charge in [-0.15, -0.1) is 11.3 Å². The van der Waals surface area contributed by atoms with Gasteiger partial charge in [-0.2, -0.15) is 13.2 Å². The number of piperidine rings is 1. The Labute approximate surface area is 185 Å². The lowest BCUT2D eigenvalue weighted by Gasteiger charge is -2.26. The Hall–Kier alpha value is -1.68. The van der Waals surface area contributed by atoms with Crippen LogP contribution in [0.1, 0.15) is 48.6 Å². The molecule has 0 saturated carbocycles. The molecule has 2 atom stereocenters. The first-order valence-corrected chi connectivity index (χ1v) is 11.6. The molecule has 31 heavy (non-hydrogen) atoms. The van der Waals surface area contributed by atoms with Gasteiger partial charge in [-0.1, -0.05) is 18.6 Å². The molecule has 172 valence electrons. The molecule has 1 fully saturated rings. The van der Waals surface area contributed by atoms with Crippen LogP contribution < -0.4 is 10.1 Å². The van der Waals surface area contributed by atoms with Crippen LogP contribution in [-0.2, 0) is 12.6 Å². The van der Waals surface area contributed by atoms with E-state index >= 15 is 0 Å². The zero-order valence-electron chi connectivity index (χ0n) is 17.7. The largest absolute Gasteiger partial charge is 0.492 e. The molecular formula is C22H30F3N3O2S. The normalized spacial score (nSPS) is 17.5. The second-order valence-electron chi connectivity index (χ2n) is 8.00. The second kappa shape index (κ2) is 11.3. The van der Waals surface area contributed by atoms with Gasteiger partial charge >= 0.3 is 6.18 Å². The third kappa shape index (κ3) is 7.75. The van der Waals surface area contributed by atoms with Crippen molar-refractivity contribution in [2.75, 3.05) is 32.8 Å². The molecule has 5 nitrogen and oxygen atoms in total. The van der Waals surface area contributed by atoms with Crippen LogP contribution in [0.2, 0.25) is 0 Å². The van der Waals surface area contributed by atoms with Crippen molar-refractivity contribution in [2.45, 2.75) is 50.9 Å². The van der Waals surface area contributed by atoms with Crippen LogP contribution in [-0.4, -0.2) is 53.8 Å². The van der Waals surface area contributed by atoms with E-state index in [4.69, 9.17) is 4.74 Å². The van der Waals surface area contributed by atoms with Crippen molar-refractivity contribution < 1.29 is 23.0 Å². The Morgan fingerprint density at radius 3 is 2.55 bits per heavy atom. The van der Waals surface area contributed by atoms with Gasteiger partial charge in [0.05, 0.1) is 5.69 Å². The molecule has 1 aromatic carbocycles. The summed E-state index contributed by atoms with van der Waals surface area (Å²) in [6, 6.07) is 7.99. The predicted molar refractivity (Wildman–Crippen MR) is 115 cm³/mol. The van der Waals surface area contributed by atoms with Crippen molar-refractivity contribution >= 4 is 11.3 Å². The standard InChI is InChI=1S/C22H30F3N3O2S/c1-16(26-14-20(29)19-15-31-21(27-19)22(23,24)25)13-17-5-7-18(8-6-17)30-12-11-28-9-3-2-4-10-28/h5-8,15-16,20,26,29H,2-4,9-14H2,1H3. The lowest BCUT2D eigenvalue weighted by atomic mass is 10.1. The summed E-state index contributed by atoms with van der Waals surface area (Å²) < 4.78 is 43.8. The number of thiazole rings is 1. The van der Waals surface area contributed by atoms with E-state index in [0.717, 1.165) is 37.4 Å². The van der Waals surface area contributed by atoms with Gasteiger partial charge in [0.2, 0.25) is 0 Å². The Morgan fingerprint density at radius 1 is 1.19 bits per heavy atom. The molecule has 0 radical (unpaired) electrons. The summed E-state index contributed by atoms with van der Waals surface area (Å²) in [5.41, 5.74) is 1.16. The highest BCUT2D eigenvalue weighted by Crippen LogP contribution is 2.32. The quantitative estimate of drug-likeness (QED) is 0.558. The summed E-state index contributed by atoms with van der Waals surface area (Å²) in [4.78, 5) is 5.93. The molecule has 1 aliphatic heterocycles. The Bertz CT molecular complexity index is 792. The van der Waals surface area contributed by atoms with Crippen molar-refractivity contribution in [3.63, 3.8) is 0 Å². The monoisotopic (exact) mass is 457 g/mol. The number of hydrogen-bond acceptors (Lipinski definition) is 6. The fourth-order valence-corrected chi connectivity index (χ4v) is 4.34. The lowest BCUT2D eigenvalue weighted by Crippen LogP contribution is -2.33. The highest BCUT2D eigenvalue weighted by molar-refractivity contribution is 7.09. The zero-order chi connectivity index (χ0) is 22.3. The summed E-state index contributed by atoms with van der Waals surface area (Å²) in [5, 5.41) is 13.6. The molecule has 0 bridgehead atoms. The van der Waals surface area contributed by atoms with Crippen LogP contribution in [0, 0.1) is 0 Å². The molecule has 9 heteroatoms. The summed E-state index contributed by atoms with van der Waals surface area (Å²) >= 11 is 0.498. The van der Waals surface area contributed by atoms with Crippen molar-refractivity contribution in [3.05, 3.63) is 45.9 Å². The van der Waals surface area contributed by atoms with E-state index in [9.17, 15) is 18.3 Å². The molecule has 0 aliphatic carbocycles. The second-order valence-corrected chi connectivity index (χ2v) is 8.86. The number of benzene rings is 1. The number of nitrogens with one attached hydrogen (secondary N) is 1. The van der Waals surface area contributed by atoms with Crippen LogP contribution in [0.3, 0.4) is 0 Å². The van der Waals surface area contributed by atoms with E-state index in [1.165, 1.54) is 24.6 Å². The van der Waals surface area contributed by atoms with Gasteiger partial charge in [0.1, 0.15) is 18.5 Å². The van der Waals surface area contributed by atoms with Gasteiger partial charge in [0, 0.05) is 24.5 Å². The minimum atomic E-state index is -4.48. The maximum absolute atomic E-state index is 12.6. The van der Waals surface area contributed by atoms with Crippen LogP contribution in [0.4, 0.5) is 13.2 Å². The first-order valence-electron chi connectivity index (χ1n) is 10.7. The van der Waals surface area contributed by atoms with Crippen molar-refractivity contribution in [1.82, 2.24) is 15.2 Å². The minimum Gasteiger partial charge on any atom is -0.492 e. The number of rotatable bonds is 10. The van der Waals surface area contributed by atoms with Crippen molar-refractivity contribution in [3.8, 4) is 5.75 Å². The van der Waals surface area contributed by atoms with Gasteiger partial charge in [-0.25, -0.2) is 4.98 Å². The molecule has 1 aromatic heterocycles. The van der Waals surface area contributed by atoms with Crippen molar-refractivity contribution in [2.24, 2.45) is 0 Å². The van der Waals surface area contributed by atoms with Gasteiger partial charge in [-0.3, -0.25) is 4.90 Å². The van der Waals surface area contributed by atoms with Gasteiger partial charge in [0.25, 0.3) is 0 Å². The minimum absolute atomic E-state index is 0.0428. The van der Waals surface area contributed by atoms with Crippen LogP contribution >= 0.6 is 11.3 Å². The molecule has 2 heterocycles. The molecule has 2 N–H and O–H groups in total. The van der Waals surface area contributed by atoms with E-state index in [2.05, 4.69) is 15.2 Å². The van der Waals surface area contributed by atoms with Gasteiger partial charge in [0.15, 0.2) is 5.01 Å². The fourth-order valence-electron chi connectivity index (χ4n) is 3.61. The maximum Gasteiger partial charge on any atom is 0.443 e. The van der Waals surface area contributed by atoms with E-state index in [-0.39, 0.29) is 18.3 Å². The zero-order valence-corrected chi connectivity index (χ0v) is 18.5. The summed E-state index contributed by atoms with van der Waals surface area (Å²) in [6.45, 7) is 6.07. The van der Waals surface area contributed by atoms with Gasteiger partial charge < -0.3 is 15.2 Å². The van der Waals surface area contributed by atoms with Crippen LogP contribution in [0.25, 0.3) is 0 Å². The summed E-state index contributed by atoms with van der Waals surface area (Å²) in [6.07, 6.45) is -0.953. The number of hydrogen-bond donors (Lipinski definition) is 2. The molecular weight excluding hydrogens is 427 g/mol. The topological polar surface area (TPSA) is 57.6 Å². The van der Waals surface area contributed by atoms with Crippen LogP contribution in [0.15, 0.2) is 29.6 Å². The smallest absolute Gasteiger partial charge is 0.443 e.